The van der Waals surface area contributed by atoms with E-state index in [2.05, 4.69) is 196 Å². The van der Waals surface area contributed by atoms with Crippen LogP contribution in [0.4, 0.5) is 0 Å². The van der Waals surface area contributed by atoms with E-state index in [-0.39, 0.29) is 5.41 Å². The highest BCUT2D eigenvalue weighted by atomic mass is 14.4. The van der Waals surface area contributed by atoms with E-state index in [1.54, 1.807) is 0 Å². The van der Waals surface area contributed by atoms with Gasteiger partial charge in [0.2, 0.25) is 0 Å². The fraction of sp³-hybridized carbons (Fsp3) is 0.0566. The van der Waals surface area contributed by atoms with Crippen LogP contribution in [0.5, 0.6) is 0 Å². The van der Waals surface area contributed by atoms with Crippen molar-refractivity contribution in [3.8, 4) is 44.5 Å². The predicted octanol–water partition coefficient (Wildman–Crippen LogP) is 14.8. The van der Waals surface area contributed by atoms with E-state index in [1.807, 2.05) is 0 Å². The minimum absolute atomic E-state index is 0.0534. The number of rotatable bonds is 3. The summed E-state index contributed by atoms with van der Waals surface area (Å²) >= 11 is 0. The van der Waals surface area contributed by atoms with Crippen molar-refractivity contribution in [3.63, 3.8) is 0 Å². The largest absolute Gasteiger partial charge is 0.0619 e. The first kappa shape index (κ1) is 30.2. The zero-order valence-corrected chi connectivity index (χ0v) is 29.8. The fourth-order valence-corrected chi connectivity index (χ4v) is 9.43. The van der Waals surface area contributed by atoms with Gasteiger partial charge in [-0.05, 0) is 134 Å². The molecule has 0 heteroatoms. The topological polar surface area (TPSA) is 0 Å². The Bertz CT molecular complexity index is 3130. The molecule has 0 unspecified atom stereocenters. The zero-order chi connectivity index (χ0) is 35.3. The van der Waals surface area contributed by atoms with Gasteiger partial charge in [-0.2, -0.15) is 0 Å². The van der Waals surface area contributed by atoms with Gasteiger partial charge in [-0.3, -0.25) is 0 Å². The quantitative estimate of drug-likeness (QED) is 0.164. The van der Waals surface area contributed by atoms with Crippen molar-refractivity contribution in [2.45, 2.75) is 19.3 Å². The van der Waals surface area contributed by atoms with Crippen LogP contribution in [0.15, 0.2) is 182 Å². The average molecular weight is 673 g/mol. The number of fused-ring (bicyclic) bond motifs is 10. The molecule has 0 amide bonds. The van der Waals surface area contributed by atoms with Crippen LogP contribution in [-0.4, -0.2) is 0 Å². The summed E-state index contributed by atoms with van der Waals surface area (Å²) in [5.74, 6) is 0. The second-order valence-corrected chi connectivity index (χ2v) is 15.2. The Morgan fingerprint density at radius 3 is 1.43 bits per heavy atom. The Hall–Kier alpha value is -6.50. The van der Waals surface area contributed by atoms with Crippen molar-refractivity contribution < 1.29 is 0 Å². The lowest BCUT2D eigenvalue weighted by Crippen LogP contribution is -2.14. The van der Waals surface area contributed by atoms with E-state index >= 15 is 0 Å². The Labute approximate surface area is 309 Å². The van der Waals surface area contributed by atoms with Gasteiger partial charge in [-0.15, -0.1) is 0 Å². The van der Waals surface area contributed by atoms with Crippen LogP contribution in [0, 0.1) is 0 Å². The van der Waals surface area contributed by atoms with Crippen LogP contribution in [0.3, 0.4) is 0 Å². The molecule has 1 aliphatic rings. The van der Waals surface area contributed by atoms with Gasteiger partial charge in [0.1, 0.15) is 0 Å². The number of benzene rings is 10. The molecule has 0 N–H and O–H groups in total. The van der Waals surface area contributed by atoms with Crippen LogP contribution < -0.4 is 0 Å². The summed E-state index contributed by atoms with van der Waals surface area (Å²) < 4.78 is 0. The second kappa shape index (κ2) is 11.2. The fourth-order valence-electron chi connectivity index (χ4n) is 9.43. The van der Waals surface area contributed by atoms with E-state index < -0.39 is 0 Å². The van der Waals surface area contributed by atoms with Crippen LogP contribution in [0.25, 0.3) is 98.4 Å². The first-order valence-electron chi connectivity index (χ1n) is 18.7. The molecule has 0 spiro atoms. The van der Waals surface area contributed by atoms with Gasteiger partial charge in [0.25, 0.3) is 0 Å². The Morgan fingerprint density at radius 1 is 0.264 bits per heavy atom. The zero-order valence-electron chi connectivity index (χ0n) is 29.8. The van der Waals surface area contributed by atoms with Gasteiger partial charge in [0, 0.05) is 5.41 Å². The molecule has 0 heterocycles. The molecule has 1 aliphatic carbocycles. The maximum Gasteiger partial charge on any atom is 0.0159 e. The molecule has 0 atom stereocenters. The van der Waals surface area contributed by atoms with Gasteiger partial charge < -0.3 is 0 Å². The third-order valence-electron chi connectivity index (χ3n) is 12.1. The van der Waals surface area contributed by atoms with Crippen molar-refractivity contribution >= 4 is 53.9 Å². The highest BCUT2D eigenvalue weighted by Gasteiger charge is 2.35. The molecule has 0 nitrogen and oxygen atoms in total. The van der Waals surface area contributed by atoms with Crippen molar-refractivity contribution in [1.82, 2.24) is 0 Å². The molecule has 53 heavy (non-hydrogen) atoms. The van der Waals surface area contributed by atoms with Gasteiger partial charge in [0.05, 0.1) is 0 Å². The average Bonchev–Trinajstić information content (AvgIpc) is 3.45. The van der Waals surface area contributed by atoms with E-state index in [4.69, 9.17) is 0 Å². The number of hydrogen-bond acceptors (Lipinski definition) is 0. The molecular weight excluding hydrogens is 637 g/mol. The Kier molecular flexibility index (Phi) is 6.40. The van der Waals surface area contributed by atoms with Crippen LogP contribution in [0.2, 0.25) is 0 Å². The molecule has 248 valence electrons. The Morgan fingerprint density at radius 2 is 0.736 bits per heavy atom. The molecule has 0 saturated heterocycles. The normalized spacial score (nSPS) is 13.2. The van der Waals surface area contributed by atoms with Crippen LogP contribution in [-0.2, 0) is 5.41 Å². The smallest absolute Gasteiger partial charge is 0.0159 e. The van der Waals surface area contributed by atoms with Crippen molar-refractivity contribution in [1.29, 1.82) is 0 Å². The van der Waals surface area contributed by atoms with Gasteiger partial charge in [-0.25, -0.2) is 0 Å². The van der Waals surface area contributed by atoms with E-state index in [9.17, 15) is 0 Å². The molecule has 0 fully saturated rings. The van der Waals surface area contributed by atoms with E-state index in [0.717, 1.165) is 0 Å². The lowest BCUT2D eigenvalue weighted by atomic mass is 9.81. The molecule has 0 bridgehead atoms. The maximum atomic E-state index is 2.47. The third kappa shape index (κ3) is 4.42. The lowest BCUT2D eigenvalue weighted by Gasteiger charge is -2.22. The molecule has 0 saturated carbocycles. The SMILES string of the molecule is CC1(C)c2ccccc2-c2ccc(-c3ccc4c(c3)c(-c3cccc5ccccc35)cc3c5ccccc5c(-c5cccc6ccccc56)cc43)cc21. The standard InChI is InChI=1S/C53H36/c1-53(2)51-24-10-9-21-44(51)45-28-26-36(30-52(45)53)35-25-27-43-46(29-35)48(40-23-12-16-34-14-4-6-18-38(34)40)32-49-42-20-8-7-19-41(42)47(31-50(43)49)39-22-11-15-33-13-3-5-17-37(33)39/h3-32H,1-2H3. The van der Waals surface area contributed by atoms with Crippen LogP contribution >= 0.6 is 0 Å². The third-order valence-corrected chi connectivity index (χ3v) is 12.1. The molecule has 11 rings (SSSR count). The molecule has 0 radical (unpaired) electrons. The van der Waals surface area contributed by atoms with Crippen molar-refractivity contribution in [3.05, 3.63) is 193 Å². The monoisotopic (exact) mass is 672 g/mol. The summed E-state index contributed by atoms with van der Waals surface area (Å²) in [6, 6.07) is 68.1. The summed E-state index contributed by atoms with van der Waals surface area (Å²) in [6.07, 6.45) is 0. The number of hydrogen-bond donors (Lipinski definition) is 0. The maximum absolute atomic E-state index is 2.47. The summed E-state index contributed by atoms with van der Waals surface area (Å²) in [5.41, 5.74) is 13.0. The summed E-state index contributed by atoms with van der Waals surface area (Å²) in [5, 5.41) is 12.7. The van der Waals surface area contributed by atoms with Crippen molar-refractivity contribution in [2.75, 3.05) is 0 Å². The Balaban J connectivity index is 1.22. The van der Waals surface area contributed by atoms with E-state index in [0.29, 0.717) is 0 Å². The summed E-state index contributed by atoms with van der Waals surface area (Å²) in [4.78, 5) is 0. The van der Waals surface area contributed by atoms with Gasteiger partial charge in [0.15, 0.2) is 0 Å². The minimum atomic E-state index is -0.0534. The lowest BCUT2D eigenvalue weighted by molar-refractivity contribution is 0.660. The summed E-state index contributed by atoms with van der Waals surface area (Å²) in [7, 11) is 0. The summed E-state index contributed by atoms with van der Waals surface area (Å²) in [6.45, 7) is 4.73. The minimum Gasteiger partial charge on any atom is -0.0619 e. The molecule has 10 aromatic carbocycles. The van der Waals surface area contributed by atoms with Gasteiger partial charge in [-0.1, -0.05) is 172 Å². The van der Waals surface area contributed by atoms with E-state index in [1.165, 1.54) is 109 Å². The first-order valence-corrected chi connectivity index (χ1v) is 18.7. The predicted molar refractivity (Wildman–Crippen MR) is 228 cm³/mol. The molecular formula is C53H36. The second-order valence-electron chi connectivity index (χ2n) is 15.2. The first-order chi connectivity index (χ1) is 26.0. The molecule has 0 aliphatic heterocycles. The van der Waals surface area contributed by atoms with Crippen molar-refractivity contribution in [2.24, 2.45) is 0 Å². The molecule has 10 aromatic rings. The highest BCUT2D eigenvalue weighted by Crippen LogP contribution is 2.50. The van der Waals surface area contributed by atoms with Crippen LogP contribution in [0.1, 0.15) is 25.0 Å². The highest BCUT2D eigenvalue weighted by molar-refractivity contribution is 6.25. The van der Waals surface area contributed by atoms with Gasteiger partial charge >= 0.3 is 0 Å². The molecule has 0 aromatic heterocycles.